The predicted molar refractivity (Wildman–Crippen MR) is 123 cm³/mol. The number of amides is 1. The van der Waals surface area contributed by atoms with Crippen molar-refractivity contribution in [3.8, 4) is 11.1 Å². The Bertz CT molecular complexity index is 990. The highest BCUT2D eigenvalue weighted by Gasteiger charge is 2.27. The molecule has 0 aliphatic carbocycles. The minimum Gasteiger partial charge on any atom is -0.444 e. The van der Waals surface area contributed by atoms with Crippen LogP contribution in [0.2, 0.25) is 0 Å². The number of anilines is 1. The van der Waals surface area contributed by atoms with E-state index in [0.717, 1.165) is 34.6 Å². The van der Waals surface area contributed by atoms with Crippen molar-refractivity contribution in [2.45, 2.75) is 32.8 Å². The zero-order valence-corrected chi connectivity index (χ0v) is 18.9. The summed E-state index contributed by atoms with van der Waals surface area (Å²) in [6.07, 6.45) is 2.61. The van der Waals surface area contributed by atoms with Crippen molar-refractivity contribution < 1.29 is 18.7 Å². The van der Waals surface area contributed by atoms with Gasteiger partial charge in [-0.05, 0) is 68.2 Å². The molecule has 1 aromatic heterocycles. The molecule has 170 valence electrons. The molecule has 0 saturated carbocycles. The lowest BCUT2D eigenvalue weighted by molar-refractivity contribution is 0.0240. The average molecular weight is 440 g/mol. The summed E-state index contributed by atoms with van der Waals surface area (Å²) in [5, 5.41) is 0. The summed E-state index contributed by atoms with van der Waals surface area (Å²) in [4.78, 5) is 21.3. The van der Waals surface area contributed by atoms with Gasteiger partial charge in [-0.3, -0.25) is 0 Å². The summed E-state index contributed by atoms with van der Waals surface area (Å²) in [5.74, 6) is 0.603. The number of piperazine rings is 1. The van der Waals surface area contributed by atoms with Gasteiger partial charge < -0.3 is 19.3 Å². The summed E-state index contributed by atoms with van der Waals surface area (Å²) in [6, 6.07) is 10.6. The largest absolute Gasteiger partial charge is 0.444 e. The van der Waals surface area contributed by atoms with Crippen molar-refractivity contribution in [3.63, 3.8) is 0 Å². The highest BCUT2D eigenvalue weighted by molar-refractivity contribution is 5.74. The van der Waals surface area contributed by atoms with Gasteiger partial charge in [0.1, 0.15) is 17.2 Å². The highest BCUT2D eigenvalue weighted by Crippen LogP contribution is 2.30. The van der Waals surface area contributed by atoms with E-state index >= 15 is 0 Å². The number of rotatable bonds is 3. The lowest BCUT2D eigenvalue weighted by Gasteiger charge is -2.36. The van der Waals surface area contributed by atoms with Gasteiger partial charge in [-0.1, -0.05) is 18.2 Å². The molecule has 0 radical (unpaired) electrons. The van der Waals surface area contributed by atoms with Gasteiger partial charge >= 0.3 is 6.09 Å². The van der Waals surface area contributed by atoms with Gasteiger partial charge in [0.05, 0.1) is 18.9 Å². The van der Waals surface area contributed by atoms with E-state index in [-0.39, 0.29) is 11.9 Å². The number of aromatic nitrogens is 1. The molecule has 32 heavy (non-hydrogen) atoms. The van der Waals surface area contributed by atoms with Crippen LogP contribution in [0.25, 0.3) is 16.7 Å². The average Bonchev–Trinajstić information content (AvgIpc) is 2.79. The molecule has 0 bridgehead atoms. The van der Waals surface area contributed by atoms with E-state index in [2.05, 4.69) is 17.0 Å². The SMILES string of the molecule is CC(C)(C)OC(=O)N1CCN(c2cc(-c3ccc(F)cc3)cc(C3=CCOCC3)n2)CC1. The Morgan fingerprint density at radius 1 is 1.06 bits per heavy atom. The van der Waals surface area contributed by atoms with E-state index < -0.39 is 5.60 Å². The molecule has 0 spiro atoms. The number of hydrogen-bond donors (Lipinski definition) is 0. The lowest BCUT2D eigenvalue weighted by Crippen LogP contribution is -2.50. The molecular weight excluding hydrogens is 409 g/mol. The second kappa shape index (κ2) is 9.28. The second-order valence-corrected chi connectivity index (χ2v) is 9.11. The molecule has 0 atom stereocenters. The molecule has 3 heterocycles. The van der Waals surface area contributed by atoms with E-state index in [1.807, 2.05) is 26.8 Å². The normalized spacial score (nSPS) is 17.2. The van der Waals surface area contributed by atoms with E-state index in [1.54, 1.807) is 17.0 Å². The number of benzene rings is 1. The first-order valence-corrected chi connectivity index (χ1v) is 11.1. The number of ether oxygens (including phenoxy) is 2. The Hall–Kier alpha value is -2.93. The van der Waals surface area contributed by atoms with Crippen molar-refractivity contribution in [1.29, 1.82) is 0 Å². The molecule has 2 aliphatic rings. The minimum absolute atomic E-state index is 0.256. The first-order chi connectivity index (χ1) is 15.3. The molecule has 1 aromatic carbocycles. The van der Waals surface area contributed by atoms with Crippen LogP contribution in [0.1, 0.15) is 32.9 Å². The second-order valence-electron chi connectivity index (χ2n) is 9.11. The molecular formula is C25H30FN3O3. The first kappa shape index (κ1) is 22.3. The van der Waals surface area contributed by atoms with Crippen LogP contribution in [0.15, 0.2) is 42.5 Å². The minimum atomic E-state index is -0.508. The molecule has 1 amide bonds. The number of carbonyl (C=O) groups excluding carboxylic acids is 1. The van der Waals surface area contributed by atoms with Gasteiger partial charge in [0, 0.05) is 26.2 Å². The van der Waals surface area contributed by atoms with E-state index in [0.29, 0.717) is 39.4 Å². The van der Waals surface area contributed by atoms with Crippen LogP contribution in [0, 0.1) is 5.82 Å². The van der Waals surface area contributed by atoms with Crippen LogP contribution in [-0.2, 0) is 9.47 Å². The maximum Gasteiger partial charge on any atom is 0.410 e. The molecule has 1 fully saturated rings. The zero-order chi connectivity index (χ0) is 22.7. The Balaban J connectivity index is 1.58. The standard InChI is InChI=1S/C25H30FN3O3/c1-25(2,3)32-24(30)29-12-10-28(11-13-29)23-17-20(18-4-6-21(26)7-5-18)16-22(27-23)19-8-14-31-15-9-19/h4-8,16-17H,9-15H2,1-3H3. The van der Waals surface area contributed by atoms with Gasteiger partial charge in [0.25, 0.3) is 0 Å². The molecule has 0 unspecified atom stereocenters. The third-order valence-corrected chi connectivity index (χ3v) is 5.54. The first-order valence-electron chi connectivity index (χ1n) is 11.1. The van der Waals surface area contributed by atoms with E-state index in [4.69, 9.17) is 14.5 Å². The summed E-state index contributed by atoms with van der Waals surface area (Å²) in [5.41, 5.74) is 3.50. The number of halogens is 1. The smallest absolute Gasteiger partial charge is 0.410 e. The molecule has 2 aromatic rings. The molecule has 0 N–H and O–H groups in total. The number of carbonyl (C=O) groups is 1. The van der Waals surface area contributed by atoms with E-state index in [1.165, 1.54) is 12.1 Å². The van der Waals surface area contributed by atoms with Crippen LogP contribution in [0.5, 0.6) is 0 Å². The lowest BCUT2D eigenvalue weighted by atomic mass is 10.0. The summed E-state index contributed by atoms with van der Waals surface area (Å²) in [6.45, 7) is 9.36. The molecule has 1 saturated heterocycles. The van der Waals surface area contributed by atoms with Crippen LogP contribution >= 0.6 is 0 Å². The van der Waals surface area contributed by atoms with Gasteiger partial charge in [0.2, 0.25) is 0 Å². The van der Waals surface area contributed by atoms with Crippen molar-refractivity contribution >= 4 is 17.5 Å². The fraction of sp³-hybridized carbons (Fsp3) is 0.440. The number of nitrogens with zero attached hydrogens (tertiary/aromatic N) is 3. The third kappa shape index (κ3) is 5.46. The van der Waals surface area contributed by atoms with Gasteiger partial charge in [-0.2, -0.15) is 0 Å². The molecule has 4 rings (SSSR count). The Kier molecular flexibility index (Phi) is 6.46. The maximum atomic E-state index is 13.5. The third-order valence-electron chi connectivity index (χ3n) is 5.54. The van der Waals surface area contributed by atoms with Crippen LogP contribution in [0.4, 0.5) is 15.0 Å². The monoisotopic (exact) mass is 439 g/mol. The van der Waals surface area contributed by atoms with Crippen molar-refractivity contribution in [2.24, 2.45) is 0 Å². The molecule has 6 nitrogen and oxygen atoms in total. The van der Waals surface area contributed by atoms with Gasteiger partial charge in [0.15, 0.2) is 0 Å². The highest BCUT2D eigenvalue weighted by atomic mass is 19.1. The Morgan fingerprint density at radius 3 is 2.41 bits per heavy atom. The Morgan fingerprint density at radius 2 is 1.78 bits per heavy atom. The van der Waals surface area contributed by atoms with Crippen molar-refractivity contribution in [3.05, 3.63) is 54.0 Å². The van der Waals surface area contributed by atoms with Crippen molar-refractivity contribution in [2.75, 3.05) is 44.3 Å². The number of pyridine rings is 1. The Labute approximate surface area is 188 Å². The maximum absolute atomic E-state index is 13.5. The quantitative estimate of drug-likeness (QED) is 0.691. The van der Waals surface area contributed by atoms with Gasteiger partial charge in [-0.25, -0.2) is 14.2 Å². The van der Waals surface area contributed by atoms with Crippen LogP contribution < -0.4 is 4.90 Å². The van der Waals surface area contributed by atoms with Gasteiger partial charge in [-0.15, -0.1) is 0 Å². The van der Waals surface area contributed by atoms with E-state index in [9.17, 15) is 9.18 Å². The fourth-order valence-corrected chi connectivity index (χ4v) is 3.86. The topological polar surface area (TPSA) is 54.9 Å². The molecule has 7 heteroatoms. The zero-order valence-electron chi connectivity index (χ0n) is 18.9. The fourth-order valence-electron chi connectivity index (χ4n) is 3.86. The molecule has 2 aliphatic heterocycles. The number of hydrogen-bond acceptors (Lipinski definition) is 5. The summed E-state index contributed by atoms with van der Waals surface area (Å²) >= 11 is 0. The summed E-state index contributed by atoms with van der Waals surface area (Å²) < 4.78 is 24.4. The van der Waals surface area contributed by atoms with Crippen LogP contribution in [0.3, 0.4) is 0 Å². The predicted octanol–water partition coefficient (Wildman–Crippen LogP) is 4.75. The van der Waals surface area contributed by atoms with Crippen molar-refractivity contribution in [1.82, 2.24) is 9.88 Å². The van der Waals surface area contributed by atoms with Crippen LogP contribution in [-0.4, -0.2) is 61.0 Å². The summed E-state index contributed by atoms with van der Waals surface area (Å²) in [7, 11) is 0.